The van der Waals surface area contributed by atoms with E-state index in [1.165, 1.54) is 66.4 Å². The molecule has 6 bridgehead atoms. The van der Waals surface area contributed by atoms with Gasteiger partial charge >= 0.3 is 0 Å². The second-order valence-corrected chi connectivity index (χ2v) is 19.3. The van der Waals surface area contributed by atoms with Crippen molar-refractivity contribution in [1.82, 2.24) is 29.4 Å². The van der Waals surface area contributed by atoms with Gasteiger partial charge in [0.2, 0.25) is 0 Å². The molecule has 0 amide bonds. The van der Waals surface area contributed by atoms with Crippen molar-refractivity contribution >= 4 is 0 Å². The van der Waals surface area contributed by atoms with Gasteiger partial charge in [0, 0.05) is 75.0 Å². The molecule has 0 saturated heterocycles. The summed E-state index contributed by atoms with van der Waals surface area (Å²) in [6.45, 7) is 7.41. The molecule has 6 heteroatoms. The number of allylic oxidation sites excluding steroid dienone is 2. The van der Waals surface area contributed by atoms with Crippen LogP contribution in [0.3, 0.4) is 0 Å². The first-order chi connectivity index (χ1) is 32.5. The van der Waals surface area contributed by atoms with E-state index in [9.17, 15) is 0 Å². The minimum Gasteiger partial charge on any atom is -0.284 e. The molecule has 2 aromatic carbocycles. The van der Waals surface area contributed by atoms with Crippen molar-refractivity contribution in [3.8, 4) is 74.1 Å². The Morgan fingerprint density at radius 1 is 0.379 bits per heavy atom. The molecule has 3 saturated carbocycles. The monoisotopic (exact) mass is 877 g/mol. The highest BCUT2D eigenvalue weighted by atomic mass is 15.3. The molecule has 0 N–H and O–H groups in total. The summed E-state index contributed by atoms with van der Waals surface area (Å²) in [4.78, 5) is 15.2. The summed E-state index contributed by atoms with van der Waals surface area (Å²) < 4.78 is 0. The van der Waals surface area contributed by atoms with Crippen LogP contribution in [0.4, 0.5) is 0 Å². The van der Waals surface area contributed by atoms with Crippen molar-refractivity contribution in [3.05, 3.63) is 107 Å². The molecule has 66 heavy (non-hydrogen) atoms. The molecule has 2 aromatic rings. The van der Waals surface area contributed by atoms with E-state index in [1.807, 2.05) is 0 Å². The van der Waals surface area contributed by atoms with Crippen LogP contribution in [0.5, 0.6) is 0 Å². The first-order valence-corrected chi connectivity index (χ1v) is 24.7. The summed E-state index contributed by atoms with van der Waals surface area (Å²) in [5.74, 6) is 18.2. The smallest absolute Gasteiger partial charge is 0.0610 e. The van der Waals surface area contributed by atoms with E-state index >= 15 is 0 Å². The first kappa shape index (κ1) is 48.7. The van der Waals surface area contributed by atoms with E-state index in [1.54, 1.807) is 0 Å². The molecular weight excluding hydrogens is 805 g/mol. The normalized spacial score (nSPS) is 27.9. The number of nitrogens with zero attached hydrogens (tertiary/aromatic N) is 6. The van der Waals surface area contributed by atoms with E-state index in [-0.39, 0.29) is 30.2 Å². The Labute approximate surface area is 399 Å². The molecule has 3 aliphatic heterocycles. The quantitative estimate of drug-likeness (QED) is 0.270. The molecule has 0 aromatic heterocycles. The van der Waals surface area contributed by atoms with Crippen molar-refractivity contribution < 1.29 is 0 Å². The largest absolute Gasteiger partial charge is 0.284 e. The molecule has 4 aliphatic carbocycles. The highest BCUT2D eigenvalue weighted by Crippen LogP contribution is 2.34. The fourth-order valence-electron chi connectivity index (χ4n) is 12.0. The molecule has 6 nitrogen and oxygen atoms in total. The van der Waals surface area contributed by atoms with Gasteiger partial charge < -0.3 is 0 Å². The van der Waals surface area contributed by atoms with Gasteiger partial charge in [-0.1, -0.05) is 153 Å². The van der Waals surface area contributed by atoms with Crippen molar-refractivity contribution in [2.24, 2.45) is 0 Å². The second kappa shape index (κ2) is 25.1. The van der Waals surface area contributed by atoms with Crippen molar-refractivity contribution in [3.63, 3.8) is 0 Å². The maximum atomic E-state index is 6.19. The Bertz CT molecular complexity index is 2230. The average Bonchev–Trinajstić information content (AvgIpc) is 3.59. The molecule has 7 aliphatic rings. The fourth-order valence-corrected chi connectivity index (χ4v) is 12.0. The summed E-state index contributed by atoms with van der Waals surface area (Å²) in [5.41, 5.74) is 6.30. The van der Waals surface area contributed by atoms with Crippen LogP contribution in [-0.4, -0.2) is 118 Å². The Hall–Kier alpha value is -5.22. The van der Waals surface area contributed by atoms with Gasteiger partial charge in [-0.2, -0.15) is 0 Å². The predicted molar refractivity (Wildman–Crippen MR) is 274 cm³/mol. The topological polar surface area (TPSA) is 19.4 Å². The number of benzene rings is 2. The van der Waals surface area contributed by atoms with Gasteiger partial charge in [-0.25, -0.2) is 0 Å². The van der Waals surface area contributed by atoms with Crippen LogP contribution in [0.15, 0.2) is 84.5 Å². The van der Waals surface area contributed by atoms with Gasteiger partial charge in [0.15, 0.2) is 0 Å². The van der Waals surface area contributed by atoms with Gasteiger partial charge in [-0.3, -0.25) is 29.4 Å². The van der Waals surface area contributed by atoms with Crippen molar-refractivity contribution in [2.75, 3.05) is 45.8 Å². The standard InChI is InChI=1S/C60H72N6/c1-7-38-61-44-49-20-19-21-54(37-36-49)66(43-12-6)60-27-18-17-26-59(60)65(42-11-5)48-53-34-32-52(33-35-53)47-64(41-10-4)58-25-16-15-24-57(58)63(40-9-3)46-51-30-28-50(29-31-51)45-62(39-8-2)56-23-14-13-22-55(56)61/h1-6,19-21,28-37,54-60H,13-18,22-27,38-48H2/t54?,55-,56-,57-,58-,59-,60-/m1/s1. The first-order valence-electron chi connectivity index (χ1n) is 24.7. The molecule has 0 spiro atoms. The third kappa shape index (κ3) is 12.6. The zero-order chi connectivity index (χ0) is 46.1. The summed E-state index contributed by atoms with van der Waals surface area (Å²) in [6, 6.07) is 20.1. The van der Waals surface area contributed by atoms with Gasteiger partial charge in [0.05, 0.1) is 39.3 Å². The molecule has 3 heterocycles. The summed E-state index contributed by atoms with van der Waals surface area (Å²) >= 11 is 0. The Morgan fingerprint density at radius 3 is 1.02 bits per heavy atom. The highest BCUT2D eigenvalue weighted by molar-refractivity contribution is 5.33. The van der Waals surface area contributed by atoms with Gasteiger partial charge in [-0.05, 0) is 66.4 Å². The van der Waals surface area contributed by atoms with Crippen LogP contribution in [0.1, 0.15) is 99.3 Å². The molecule has 0 radical (unpaired) electrons. The molecule has 1 unspecified atom stereocenters. The lowest BCUT2D eigenvalue weighted by molar-refractivity contribution is 0.0523. The second-order valence-electron chi connectivity index (χ2n) is 19.3. The molecule has 7 atom stereocenters. The van der Waals surface area contributed by atoms with E-state index in [2.05, 4.69) is 144 Å². The van der Waals surface area contributed by atoms with Gasteiger partial charge in [-0.15, -0.1) is 38.5 Å². The third-order valence-electron chi connectivity index (χ3n) is 15.1. The molecular formula is C60H72N6. The minimum absolute atomic E-state index is 0.0535. The zero-order valence-electron chi connectivity index (χ0n) is 39.5. The fraction of sp³-hybridized carbons (Fsp3) is 0.500. The van der Waals surface area contributed by atoms with Crippen LogP contribution in [0, 0.1) is 74.1 Å². The maximum absolute atomic E-state index is 6.19. The minimum atomic E-state index is 0.0535. The zero-order valence-corrected chi connectivity index (χ0v) is 39.5. The lowest BCUT2D eigenvalue weighted by Gasteiger charge is -2.46. The van der Waals surface area contributed by atoms with E-state index in [4.69, 9.17) is 38.5 Å². The van der Waals surface area contributed by atoms with Crippen LogP contribution in [0.25, 0.3) is 0 Å². The number of hydrogen-bond acceptors (Lipinski definition) is 6. The van der Waals surface area contributed by atoms with Crippen LogP contribution in [0.2, 0.25) is 0 Å². The SMILES string of the molecule is C#CCN1CC2=CC=CC(C=C2)N(CC#C)[C@@H]2CCCC[C@H]2N(CC#C)Cc2ccc(cc2)CN(CC#C)[C@@H]2CCCC[C@H]2N(CC#C)Cc2ccc(cc2)CN(CC#C)[C@@H]2CCCC[C@H]21. The highest BCUT2D eigenvalue weighted by Gasteiger charge is 2.38. The summed E-state index contributed by atoms with van der Waals surface area (Å²) in [6.07, 6.45) is 62.0. The van der Waals surface area contributed by atoms with E-state index < -0.39 is 0 Å². The lowest BCUT2D eigenvalue weighted by Crippen LogP contribution is -2.55. The average molecular weight is 877 g/mol. The van der Waals surface area contributed by atoms with E-state index in [0.717, 1.165) is 71.2 Å². The van der Waals surface area contributed by atoms with Crippen LogP contribution in [-0.2, 0) is 26.2 Å². The number of rotatable bonds is 6. The Kier molecular flexibility index (Phi) is 18.5. The number of fused-ring (bicyclic) bond motifs is 2. The van der Waals surface area contributed by atoms with Crippen LogP contribution >= 0.6 is 0 Å². The molecule has 3 fully saturated rings. The number of hydrogen-bond donors (Lipinski definition) is 0. The van der Waals surface area contributed by atoms with Gasteiger partial charge in [0.25, 0.3) is 0 Å². The van der Waals surface area contributed by atoms with Crippen molar-refractivity contribution in [1.29, 1.82) is 0 Å². The lowest BCUT2D eigenvalue weighted by atomic mass is 9.86. The Balaban J connectivity index is 1.25. The summed E-state index contributed by atoms with van der Waals surface area (Å²) in [7, 11) is 0. The predicted octanol–water partition coefficient (Wildman–Crippen LogP) is 8.37. The van der Waals surface area contributed by atoms with E-state index in [0.29, 0.717) is 51.4 Å². The van der Waals surface area contributed by atoms with Crippen molar-refractivity contribution in [2.45, 2.75) is 146 Å². The van der Waals surface area contributed by atoms with Gasteiger partial charge in [0.1, 0.15) is 0 Å². The molecule has 342 valence electrons. The summed E-state index contributed by atoms with van der Waals surface area (Å²) in [5, 5.41) is 0. The molecule has 9 rings (SSSR count). The number of terminal acetylenes is 6. The third-order valence-corrected chi connectivity index (χ3v) is 15.1. The Morgan fingerprint density at radius 2 is 0.682 bits per heavy atom. The maximum Gasteiger partial charge on any atom is 0.0610 e. The van der Waals surface area contributed by atoms with Crippen LogP contribution < -0.4 is 0 Å².